The number of nitrogens with zero attached hydrogens (tertiary/aromatic N) is 3. The van der Waals surface area contributed by atoms with Gasteiger partial charge in [-0.1, -0.05) is 99.1 Å². The number of amides is 1. The van der Waals surface area contributed by atoms with Crippen LogP contribution in [0.15, 0.2) is 174 Å². The van der Waals surface area contributed by atoms with Crippen LogP contribution in [-0.2, 0) is 48.1 Å². The summed E-state index contributed by atoms with van der Waals surface area (Å²) < 4.78 is 93.1. The van der Waals surface area contributed by atoms with E-state index in [0.717, 1.165) is 103 Å². The third-order valence-electron chi connectivity index (χ3n) is 17.4. The standard InChI is InChI=1S/C71H75B2F6N5O7Si/c1-43(2)65(85)17-12-13-29-83(39-48-32-50(70(74,75)76)19-26-63(48)72(87)88)42-62-56-16-11-10-15-55(56)61(41-84(30-14-28-82-69(86)44(3)4)40-49-33-51(71(77,78)79)20-27-64(49)73(89)90)57-23-18-45(36-60(57)62)46-31-47(35-54(34-46)91-7)68-58-24-21-52(80-5)37-66(58)92(8,9)67-38-53(81-6)22-25-59(67)68/h10-11,15-16,18-27,31-38,80,87-90H,1,3,12-14,17,28-30,39-42H2,2,4-9H3,(H,82,86). The Kier molecular flexibility index (Phi) is 21.1. The molecule has 6 N–H and O–H groups in total. The lowest BCUT2D eigenvalue weighted by molar-refractivity contribution is -0.138. The van der Waals surface area contributed by atoms with E-state index < -0.39 is 45.8 Å². The molecule has 9 rings (SSSR count). The lowest BCUT2D eigenvalue weighted by atomic mass is 9.76. The summed E-state index contributed by atoms with van der Waals surface area (Å²) in [5.41, 5.74) is 7.39. The van der Waals surface area contributed by atoms with Crippen LogP contribution in [-0.4, -0.2) is 110 Å². The molecule has 1 heterocycles. The first kappa shape index (κ1) is 68.2. The fraction of sp³-hybridized carbons (Fsp3) is 0.282. The second-order valence-corrected chi connectivity index (χ2v) is 28.5. The Bertz CT molecular complexity index is 4160. The number of ketones is 1. The third-order valence-corrected chi connectivity index (χ3v) is 21.0. The number of ether oxygens (including phenoxy) is 1. The van der Waals surface area contributed by atoms with Crippen molar-refractivity contribution in [3.8, 4) is 16.9 Å². The highest BCUT2D eigenvalue weighted by molar-refractivity contribution is 6.98. The zero-order valence-corrected chi connectivity index (χ0v) is 53.7. The van der Waals surface area contributed by atoms with E-state index in [4.69, 9.17) is 4.74 Å². The quantitative estimate of drug-likeness (QED) is 0.0107. The van der Waals surface area contributed by atoms with E-state index in [1.807, 2.05) is 71.5 Å². The van der Waals surface area contributed by atoms with E-state index >= 15 is 0 Å². The SMILES string of the molecule is C=C(C)C(=O)CCCCN(Cc1cc(C(F)(F)F)ccc1B(O)O)Cc1c2ccccc2c(CN(CCCNC(=O)C(=C)C)Cc2cc(C(F)(F)F)ccc2B(O)O)c2ccc(-c3cc(OC)cc(C4=C5C=CC(=NC)C=C5[Si](C)(C)c5cc(NC)ccc54)c3)cc12. The van der Waals surface area contributed by atoms with Gasteiger partial charge in [0.2, 0.25) is 5.91 Å². The number of anilines is 1. The largest absolute Gasteiger partial charge is 0.497 e. The van der Waals surface area contributed by atoms with Crippen LogP contribution in [0.2, 0.25) is 13.1 Å². The van der Waals surface area contributed by atoms with E-state index in [-0.39, 0.29) is 91.6 Å². The van der Waals surface area contributed by atoms with Gasteiger partial charge in [0.15, 0.2) is 5.78 Å². The van der Waals surface area contributed by atoms with Gasteiger partial charge in [0.05, 0.1) is 23.9 Å². The van der Waals surface area contributed by atoms with Crippen LogP contribution in [0.4, 0.5) is 32.0 Å². The van der Waals surface area contributed by atoms with Crippen molar-refractivity contribution in [2.24, 2.45) is 4.99 Å². The van der Waals surface area contributed by atoms with Crippen LogP contribution < -0.4 is 31.5 Å². The molecule has 21 heteroatoms. The van der Waals surface area contributed by atoms with Crippen LogP contribution in [0.3, 0.4) is 0 Å². The predicted octanol–water partition coefficient (Wildman–Crippen LogP) is 11.3. The third kappa shape index (κ3) is 15.2. The number of hydrogen-bond acceptors (Lipinski definition) is 11. The number of aliphatic imine (C=N–C) groups is 1. The van der Waals surface area contributed by atoms with Gasteiger partial charge in [-0.15, -0.1) is 0 Å². The Hall–Kier alpha value is -8.14. The number of nitrogens with one attached hydrogen (secondary N) is 2. The normalized spacial score (nSPS) is 14.2. The predicted molar refractivity (Wildman–Crippen MR) is 360 cm³/mol. The van der Waals surface area contributed by atoms with Gasteiger partial charge in [0.1, 0.15) is 13.8 Å². The lowest BCUT2D eigenvalue weighted by Crippen LogP contribution is -2.49. The number of benzene rings is 7. The Morgan fingerprint density at radius 1 is 0.652 bits per heavy atom. The summed E-state index contributed by atoms with van der Waals surface area (Å²) >= 11 is 0. The van der Waals surface area contributed by atoms with Crippen LogP contribution >= 0.6 is 0 Å². The van der Waals surface area contributed by atoms with Gasteiger partial charge < -0.3 is 35.5 Å². The first-order valence-corrected chi connectivity index (χ1v) is 33.4. The topological polar surface area (TPSA) is 167 Å². The first-order chi connectivity index (χ1) is 43.6. The number of Topliss-reactive ketones (excluding diaryl/α,β-unsaturated/α-hetero) is 1. The van der Waals surface area contributed by atoms with E-state index in [1.165, 1.54) is 10.4 Å². The average molecular weight is 1270 g/mol. The summed E-state index contributed by atoms with van der Waals surface area (Å²) in [5.74, 6) is 0.0624. The molecule has 7 aromatic rings. The first-order valence-electron chi connectivity index (χ1n) is 30.4. The number of alkyl halides is 6. The summed E-state index contributed by atoms with van der Waals surface area (Å²) in [5, 5.41) is 54.0. The molecule has 0 aromatic heterocycles. The maximum Gasteiger partial charge on any atom is 0.488 e. The monoisotopic (exact) mass is 1270 g/mol. The van der Waals surface area contributed by atoms with Gasteiger partial charge in [-0.25, -0.2) is 0 Å². The van der Waals surface area contributed by atoms with E-state index in [1.54, 1.807) is 28.0 Å². The summed E-state index contributed by atoms with van der Waals surface area (Å²) in [7, 11) is -1.31. The molecule has 7 aromatic carbocycles. The minimum absolute atomic E-state index is 0.0139. The van der Waals surface area contributed by atoms with Crippen molar-refractivity contribution in [3.63, 3.8) is 0 Å². The Morgan fingerprint density at radius 2 is 1.23 bits per heavy atom. The number of fused-ring (bicyclic) bond motifs is 4. The summed E-state index contributed by atoms with van der Waals surface area (Å²) in [4.78, 5) is 33.9. The molecule has 0 atom stereocenters. The minimum Gasteiger partial charge on any atom is -0.497 e. The molecule has 92 heavy (non-hydrogen) atoms. The number of rotatable bonds is 25. The molecule has 0 unspecified atom stereocenters. The van der Waals surface area contributed by atoms with Crippen LogP contribution in [0.25, 0.3) is 38.2 Å². The molecule has 1 amide bonds. The summed E-state index contributed by atoms with van der Waals surface area (Å²) in [6.45, 7) is 15.8. The highest BCUT2D eigenvalue weighted by Gasteiger charge is 2.40. The highest BCUT2D eigenvalue weighted by Crippen LogP contribution is 2.45. The molecule has 1 aliphatic carbocycles. The molecule has 12 nitrogen and oxygen atoms in total. The van der Waals surface area contributed by atoms with Crippen LogP contribution in [0, 0.1) is 0 Å². The summed E-state index contributed by atoms with van der Waals surface area (Å²) in [6, 6.07) is 31.7. The van der Waals surface area contributed by atoms with Crippen molar-refractivity contribution in [3.05, 3.63) is 213 Å². The van der Waals surface area contributed by atoms with Gasteiger partial charge in [-0.2, -0.15) is 26.3 Å². The Labute approximate surface area is 534 Å². The maximum absolute atomic E-state index is 14.5. The smallest absolute Gasteiger partial charge is 0.488 e. The fourth-order valence-corrected chi connectivity index (χ4v) is 15.6. The van der Waals surface area contributed by atoms with Crippen molar-refractivity contribution >= 4 is 88.6 Å². The van der Waals surface area contributed by atoms with Gasteiger partial charge in [-0.05, 0) is 204 Å². The molecule has 0 saturated carbocycles. The van der Waals surface area contributed by atoms with E-state index in [2.05, 4.69) is 84.4 Å². The summed E-state index contributed by atoms with van der Waals surface area (Å²) in [6.07, 6.45) is -1.86. The zero-order valence-electron chi connectivity index (χ0n) is 52.7. The number of methoxy groups -OCH3 is 1. The number of unbranched alkanes of at least 4 members (excludes halogenated alkanes) is 1. The molecule has 478 valence electrons. The zero-order chi connectivity index (χ0) is 66.6. The highest BCUT2D eigenvalue weighted by atomic mass is 28.3. The van der Waals surface area contributed by atoms with Crippen molar-refractivity contribution < 1.29 is 60.8 Å². The van der Waals surface area contributed by atoms with Crippen molar-refractivity contribution in [1.29, 1.82) is 0 Å². The second-order valence-electron chi connectivity index (χ2n) is 24.2. The molecule has 0 bridgehead atoms. The van der Waals surface area contributed by atoms with Crippen molar-refractivity contribution in [2.45, 2.75) is 91.2 Å². The molecular weight excluding hydrogens is 1200 g/mol. The number of carbonyl (C=O) groups excluding carboxylic acids is 2. The molecule has 0 spiro atoms. The van der Waals surface area contributed by atoms with Crippen molar-refractivity contribution in [1.82, 2.24) is 15.1 Å². The molecule has 2 aliphatic rings. The van der Waals surface area contributed by atoms with E-state index in [0.29, 0.717) is 41.4 Å². The lowest BCUT2D eigenvalue weighted by Gasteiger charge is -2.38. The van der Waals surface area contributed by atoms with Crippen molar-refractivity contribution in [2.75, 3.05) is 46.2 Å². The number of hydrogen-bond donors (Lipinski definition) is 6. The Morgan fingerprint density at radius 3 is 1.77 bits per heavy atom. The molecule has 0 saturated heterocycles. The molecule has 0 fully saturated rings. The van der Waals surface area contributed by atoms with Gasteiger partial charge in [0, 0.05) is 71.0 Å². The van der Waals surface area contributed by atoms with Gasteiger partial charge >= 0.3 is 26.6 Å². The average Bonchev–Trinajstić information content (AvgIpc) is 0.729. The minimum atomic E-state index is -4.77. The van der Waals surface area contributed by atoms with Gasteiger partial charge in [0.25, 0.3) is 0 Å². The van der Waals surface area contributed by atoms with Gasteiger partial charge in [-0.3, -0.25) is 24.4 Å². The maximum atomic E-state index is 14.5. The number of halogens is 6. The molecular formula is C71H75B2F6N5O7Si. The fourth-order valence-electron chi connectivity index (χ4n) is 12.5. The van der Waals surface area contributed by atoms with Crippen LogP contribution in [0.1, 0.15) is 84.0 Å². The Balaban J connectivity index is 1.28. The van der Waals surface area contributed by atoms with E-state index in [9.17, 15) is 56.0 Å². The molecule has 0 radical (unpaired) electrons. The molecule has 1 aliphatic heterocycles. The number of allylic oxidation sites excluding steroid dienone is 6. The van der Waals surface area contributed by atoms with Crippen LogP contribution in [0.5, 0.6) is 5.75 Å². The number of carbonyl (C=O) groups is 2. The second kappa shape index (κ2) is 28.4.